The highest BCUT2D eigenvalue weighted by atomic mass is 16.5. The largest absolute Gasteiger partial charge is 0.496 e. The highest BCUT2D eigenvalue weighted by Gasteiger charge is 2.23. The van der Waals surface area contributed by atoms with Crippen LogP contribution in [-0.2, 0) is 22.7 Å². The van der Waals surface area contributed by atoms with Gasteiger partial charge in [0.05, 0.1) is 20.3 Å². The molecule has 0 atom stereocenters. The Labute approximate surface area is 159 Å². The minimum atomic E-state index is -0.0253. The summed E-state index contributed by atoms with van der Waals surface area (Å²) < 4.78 is 11.1. The molecule has 0 saturated carbocycles. The standard InChI is InChI=1S/C23H21NO3/c1-26-22-10-6-5-9-20(22)18-11-12-21-19(13-18)15-27-16-23(25)24(21)14-17-7-3-2-4-8-17/h2-13H,14-16H2,1H3. The molecule has 3 aromatic carbocycles. The second-order valence-electron chi connectivity index (χ2n) is 6.50. The van der Waals surface area contributed by atoms with Crippen molar-refractivity contribution in [2.24, 2.45) is 0 Å². The molecule has 4 heteroatoms. The molecule has 1 aliphatic heterocycles. The van der Waals surface area contributed by atoms with E-state index in [1.165, 1.54) is 0 Å². The Hall–Kier alpha value is -3.11. The quantitative estimate of drug-likeness (QED) is 0.692. The number of amides is 1. The maximum atomic E-state index is 12.6. The number of nitrogens with zero attached hydrogens (tertiary/aromatic N) is 1. The summed E-state index contributed by atoms with van der Waals surface area (Å²) in [4.78, 5) is 14.4. The van der Waals surface area contributed by atoms with Gasteiger partial charge in [-0.1, -0.05) is 54.6 Å². The topological polar surface area (TPSA) is 38.8 Å². The van der Waals surface area contributed by atoms with Crippen LogP contribution in [0.5, 0.6) is 5.75 Å². The van der Waals surface area contributed by atoms with E-state index in [1.807, 2.05) is 71.6 Å². The first-order valence-electron chi connectivity index (χ1n) is 8.94. The van der Waals surface area contributed by atoms with Gasteiger partial charge in [-0.05, 0) is 29.3 Å². The minimum Gasteiger partial charge on any atom is -0.496 e. The summed E-state index contributed by atoms with van der Waals surface area (Å²) in [5.74, 6) is 0.798. The summed E-state index contributed by atoms with van der Waals surface area (Å²) in [7, 11) is 1.67. The van der Waals surface area contributed by atoms with Gasteiger partial charge in [-0.2, -0.15) is 0 Å². The molecule has 0 aromatic heterocycles. The molecule has 0 fully saturated rings. The van der Waals surface area contributed by atoms with Crippen LogP contribution in [0.15, 0.2) is 72.8 Å². The zero-order chi connectivity index (χ0) is 18.6. The predicted molar refractivity (Wildman–Crippen MR) is 106 cm³/mol. The lowest BCUT2D eigenvalue weighted by Gasteiger charge is -2.23. The lowest BCUT2D eigenvalue weighted by molar-refractivity contribution is -0.123. The molecule has 0 N–H and O–H groups in total. The van der Waals surface area contributed by atoms with Crippen molar-refractivity contribution in [3.63, 3.8) is 0 Å². The number of carbonyl (C=O) groups is 1. The van der Waals surface area contributed by atoms with Crippen molar-refractivity contribution in [3.8, 4) is 16.9 Å². The number of carbonyl (C=O) groups excluding carboxylic acids is 1. The first-order valence-corrected chi connectivity index (χ1v) is 8.94. The summed E-state index contributed by atoms with van der Waals surface area (Å²) in [6, 6.07) is 24.1. The summed E-state index contributed by atoms with van der Waals surface area (Å²) in [5.41, 5.74) is 5.06. The molecular formula is C23H21NO3. The SMILES string of the molecule is COc1ccccc1-c1ccc2c(c1)COCC(=O)N2Cc1ccccc1. The zero-order valence-electron chi connectivity index (χ0n) is 15.2. The fraction of sp³-hybridized carbons (Fsp3) is 0.174. The van der Waals surface area contributed by atoms with E-state index in [2.05, 4.69) is 6.07 Å². The number of hydrogen-bond donors (Lipinski definition) is 0. The zero-order valence-corrected chi connectivity index (χ0v) is 15.2. The van der Waals surface area contributed by atoms with Gasteiger partial charge in [0.1, 0.15) is 12.4 Å². The van der Waals surface area contributed by atoms with Gasteiger partial charge in [0.15, 0.2) is 0 Å². The van der Waals surface area contributed by atoms with Crippen molar-refractivity contribution in [1.82, 2.24) is 0 Å². The number of benzene rings is 3. The molecule has 136 valence electrons. The van der Waals surface area contributed by atoms with Crippen molar-refractivity contribution in [1.29, 1.82) is 0 Å². The van der Waals surface area contributed by atoms with Crippen LogP contribution in [-0.4, -0.2) is 19.6 Å². The molecule has 0 saturated heterocycles. The summed E-state index contributed by atoms with van der Waals surface area (Å²) in [5, 5.41) is 0. The van der Waals surface area contributed by atoms with Gasteiger partial charge < -0.3 is 14.4 Å². The summed E-state index contributed by atoms with van der Waals surface area (Å²) in [6.45, 7) is 1.03. The van der Waals surface area contributed by atoms with Crippen LogP contribution in [0.1, 0.15) is 11.1 Å². The van der Waals surface area contributed by atoms with Crippen LogP contribution in [0.3, 0.4) is 0 Å². The summed E-state index contributed by atoms with van der Waals surface area (Å²) >= 11 is 0. The first kappa shape index (κ1) is 17.3. The van der Waals surface area contributed by atoms with Crippen LogP contribution >= 0.6 is 0 Å². The molecule has 0 radical (unpaired) electrons. The normalized spacial score (nSPS) is 13.8. The lowest BCUT2D eigenvalue weighted by Crippen LogP contribution is -2.32. The molecule has 4 rings (SSSR count). The summed E-state index contributed by atoms with van der Waals surface area (Å²) in [6.07, 6.45) is 0. The van der Waals surface area contributed by atoms with E-state index in [0.717, 1.165) is 33.7 Å². The van der Waals surface area contributed by atoms with Gasteiger partial charge in [0.2, 0.25) is 0 Å². The van der Waals surface area contributed by atoms with Crippen LogP contribution in [0.4, 0.5) is 5.69 Å². The fourth-order valence-corrected chi connectivity index (χ4v) is 3.42. The van der Waals surface area contributed by atoms with E-state index in [1.54, 1.807) is 7.11 Å². The monoisotopic (exact) mass is 359 g/mol. The highest BCUT2D eigenvalue weighted by Crippen LogP contribution is 2.34. The number of methoxy groups -OCH3 is 1. The second kappa shape index (κ2) is 7.64. The first-order chi connectivity index (χ1) is 13.3. The predicted octanol–water partition coefficient (Wildman–Crippen LogP) is 4.43. The molecule has 0 bridgehead atoms. The number of fused-ring (bicyclic) bond motifs is 1. The van der Waals surface area contributed by atoms with Gasteiger partial charge >= 0.3 is 0 Å². The molecule has 0 unspecified atom stereocenters. The molecular weight excluding hydrogens is 338 g/mol. The van der Waals surface area contributed by atoms with Crippen LogP contribution < -0.4 is 9.64 Å². The highest BCUT2D eigenvalue weighted by molar-refractivity contribution is 5.96. The number of rotatable bonds is 4. The van der Waals surface area contributed by atoms with Crippen molar-refractivity contribution in [3.05, 3.63) is 83.9 Å². The molecule has 0 aliphatic carbocycles. The second-order valence-corrected chi connectivity index (χ2v) is 6.50. The Bertz CT molecular complexity index is 953. The number of hydrogen-bond acceptors (Lipinski definition) is 3. The van der Waals surface area contributed by atoms with E-state index in [0.29, 0.717) is 13.2 Å². The Kier molecular flexibility index (Phi) is 4.90. The average Bonchev–Trinajstić information content (AvgIpc) is 2.87. The number of ether oxygens (including phenoxy) is 2. The maximum Gasteiger partial charge on any atom is 0.253 e. The van der Waals surface area contributed by atoms with Crippen LogP contribution in [0.2, 0.25) is 0 Å². The Morgan fingerprint density at radius 3 is 2.56 bits per heavy atom. The fourth-order valence-electron chi connectivity index (χ4n) is 3.42. The van der Waals surface area contributed by atoms with Gasteiger partial charge in [-0.3, -0.25) is 4.79 Å². The molecule has 0 spiro atoms. The third kappa shape index (κ3) is 3.57. The Morgan fingerprint density at radius 1 is 0.963 bits per heavy atom. The van der Waals surface area contributed by atoms with Crippen molar-refractivity contribution < 1.29 is 14.3 Å². The molecule has 3 aromatic rings. The van der Waals surface area contributed by atoms with E-state index < -0.39 is 0 Å². The van der Waals surface area contributed by atoms with Crippen molar-refractivity contribution in [2.75, 3.05) is 18.6 Å². The molecule has 4 nitrogen and oxygen atoms in total. The van der Waals surface area contributed by atoms with E-state index in [-0.39, 0.29) is 12.5 Å². The van der Waals surface area contributed by atoms with Gasteiger partial charge in [-0.25, -0.2) is 0 Å². The van der Waals surface area contributed by atoms with E-state index in [9.17, 15) is 4.79 Å². The number of anilines is 1. The molecule has 27 heavy (non-hydrogen) atoms. The smallest absolute Gasteiger partial charge is 0.253 e. The van der Waals surface area contributed by atoms with Crippen LogP contribution in [0.25, 0.3) is 11.1 Å². The molecule has 1 amide bonds. The average molecular weight is 359 g/mol. The molecule has 1 aliphatic rings. The number of para-hydroxylation sites is 1. The maximum absolute atomic E-state index is 12.6. The van der Waals surface area contributed by atoms with Gasteiger partial charge in [0, 0.05) is 16.8 Å². The molecule has 1 heterocycles. The van der Waals surface area contributed by atoms with Crippen molar-refractivity contribution in [2.45, 2.75) is 13.2 Å². The van der Waals surface area contributed by atoms with Gasteiger partial charge in [0.25, 0.3) is 5.91 Å². The van der Waals surface area contributed by atoms with Crippen LogP contribution in [0, 0.1) is 0 Å². The van der Waals surface area contributed by atoms with Gasteiger partial charge in [-0.15, -0.1) is 0 Å². The lowest BCUT2D eigenvalue weighted by atomic mass is 10.0. The van der Waals surface area contributed by atoms with E-state index in [4.69, 9.17) is 9.47 Å². The third-order valence-corrected chi connectivity index (χ3v) is 4.76. The Morgan fingerprint density at radius 2 is 1.74 bits per heavy atom. The van der Waals surface area contributed by atoms with Crippen molar-refractivity contribution >= 4 is 11.6 Å². The van der Waals surface area contributed by atoms with E-state index >= 15 is 0 Å². The minimum absolute atomic E-state index is 0.0253. The third-order valence-electron chi connectivity index (χ3n) is 4.76. The Balaban J connectivity index is 1.73.